The topological polar surface area (TPSA) is 38.0 Å². The van der Waals surface area contributed by atoms with Crippen LogP contribution in [-0.2, 0) is 0 Å². The van der Waals surface area contributed by atoms with Crippen LogP contribution in [0, 0.1) is 11.8 Å². The van der Waals surface area contributed by atoms with Crippen molar-refractivity contribution in [3.05, 3.63) is 34.3 Å². The molecular formula is C14H21BrN2. The molecule has 1 unspecified atom stereocenters. The van der Waals surface area contributed by atoms with Crippen LogP contribution in [0.3, 0.4) is 0 Å². The first-order valence-corrected chi connectivity index (χ1v) is 7.21. The third-order valence-corrected chi connectivity index (χ3v) is 4.47. The first kappa shape index (κ1) is 13.1. The molecule has 0 aromatic heterocycles. The van der Waals surface area contributed by atoms with Crippen LogP contribution in [0.5, 0.6) is 0 Å². The van der Waals surface area contributed by atoms with Crippen molar-refractivity contribution >= 4 is 15.9 Å². The molecule has 17 heavy (non-hydrogen) atoms. The Bertz CT molecular complexity index is 342. The van der Waals surface area contributed by atoms with Gasteiger partial charge in [-0.2, -0.15) is 0 Å². The molecule has 94 valence electrons. The Kier molecular flexibility index (Phi) is 4.60. The van der Waals surface area contributed by atoms with Crippen LogP contribution in [0.15, 0.2) is 28.7 Å². The van der Waals surface area contributed by atoms with Gasteiger partial charge in [0.15, 0.2) is 0 Å². The number of hydrogen-bond acceptors (Lipinski definition) is 2. The molecule has 3 N–H and O–H groups in total. The van der Waals surface area contributed by atoms with E-state index < -0.39 is 0 Å². The maximum atomic E-state index is 5.75. The first-order chi connectivity index (χ1) is 8.20. The summed E-state index contributed by atoms with van der Waals surface area (Å²) in [5.41, 5.74) is 4.31. The lowest BCUT2D eigenvalue weighted by Crippen LogP contribution is -2.35. The summed E-state index contributed by atoms with van der Waals surface area (Å²) in [5, 5.41) is 0. The van der Waals surface area contributed by atoms with Crippen molar-refractivity contribution in [3.63, 3.8) is 0 Å². The van der Waals surface area contributed by atoms with Crippen LogP contribution < -0.4 is 11.3 Å². The van der Waals surface area contributed by atoms with E-state index in [0.717, 1.165) is 10.4 Å². The van der Waals surface area contributed by atoms with E-state index in [-0.39, 0.29) is 0 Å². The van der Waals surface area contributed by atoms with Crippen LogP contribution in [-0.4, -0.2) is 0 Å². The zero-order chi connectivity index (χ0) is 12.3. The predicted molar refractivity (Wildman–Crippen MR) is 75.3 cm³/mol. The fourth-order valence-electron chi connectivity index (χ4n) is 2.79. The molecule has 1 saturated carbocycles. The molecule has 0 amide bonds. The van der Waals surface area contributed by atoms with E-state index in [9.17, 15) is 0 Å². The van der Waals surface area contributed by atoms with Gasteiger partial charge in [0.05, 0.1) is 0 Å². The summed E-state index contributed by atoms with van der Waals surface area (Å²) < 4.78 is 1.12. The van der Waals surface area contributed by atoms with Gasteiger partial charge in [-0.3, -0.25) is 11.3 Å². The second-order valence-electron chi connectivity index (χ2n) is 5.22. The summed E-state index contributed by atoms with van der Waals surface area (Å²) in [6, 6.07) is 8.80. The number of benzene rings is 1. The summed E-state index contributed by atoms with van der Waals surface area (Å²) in [5.74, 6) is 7.31. The van der Waals surface area contributed by atoms with E-state index in [2.05, 4.69) is 52.5 Å². The molecule has 0 bridgehead atoms. The number of rotatable bonds is 3. The largest absolute Gasteiger partial charge is 0.271 e. The second-order valence-corrected chi connectivity index (χ2v) is 6.13. The molecule has 1 atom stereocenters. The maximum absolute atomic E-state index is 5.75. The summed E-state index contributed by atoms with van der Waals surface area (Å²) >= 11 is 3.47. The Balaban J connectivity index is 2.08. The SMILES string of the molecule is CC1CCC(C(NN)c2ccc(Br)cc2)CC1. The molecule has 2 nitrogen and oxygen atoms in total. The molecule has 0 heterocycles. The van der Waals surface area contributed by atoms with Gasteiger partial charge in [-0.15, -0.1) is 0 Å². The minimum Gasteiger partial charge on any atom is -0.271 e. The van der Waals surface area contributed by atoms with Crippen molar-refractivity contribution < 1.29 is 0 Å². The Morgan fingerprint density at radius 3 is 2.29 bits per heavy atom. The highest BCUT2D eigenvalue weighted by molar-refractivity contribution is 9.10. The molecule has 0 saturated heterocycles. The highest BCUT2D eigenvalue weighted by atomic mass is 79.9. The smallest absolute Gasteiger partial charge is 0.0488 e. The van der Waals surface area contributed by atoms with Gasteiger partial charge in [0, 0.05) is 10.5 Å². The van der Waals surface area contributed by atoms with E-state index in [0.29, 0.717) is 12.0 Å². The summed E-state index contributed by atoms with van der Waals surface area (Å²) in [7, 11) is 0. The van der Waals surface area contributed by atoms with Gasteiger partial charge in [-0.05, 0) is 42.4 Å². The quantitative estimate of drug-likeness (QED) is 0.658. The first-order valence-electron chi connectivity index (χ1n) is 6.42. The zero-order valence-electron chi connectivity index (χ0n) is 10.3. The van der Waals surface area contributed by atoms with E-state index in [4.69, 9.17) is 5.84 Å². The van der Waals surface area contributed by atoms with Gasteiger partial charge in [0.2, 0.25) is 0 Å². The highest BCUT2D eigenvalue weighted by Gasteiger charge is 2.26. The van der Waals surface area contributed by atoms with Crippen LogP contribution in [0.4, 0.5) is 0 Å². The van der Waals surface area contributed by atoms with Crippen LogP contribution in [0.25, 0.3) is 0 Å². The van der Waals surface area contributed by atoms with Gasteiger partial charge >= 0.3 is 0 Å². The van der Waals surface area contributed by atoms with Gasteiger partial charge in [-0.1, -0.05) is 47.8 Å². The molecule has 2 rings (SSSR count). The molecule has 3 heteroatoms. The summed E-state index contributed by atoms with van der Waals surface area (Å²) in [6.07, 6.45) is 5.23. The number of hydrogen-bond donors (Lipinski definition) is 2. The molecule has 1 aliphatic rings. The van der Waals surface area contributed by atoms with Crippen LogP contribution in [0.2, 0.25) is 0 Å². The van der Waals surface area contributed by atoms with Crippen molar-refractivity contribution in [1.82, 2.24) is 5.43 Å². The van der Waals surface area contributed by atoms with Gasteiger partial charge < -0.3 is 0 Å². The number of nitrogens with two attached hydrogens (primary N) is 1. The van der Waals surface area contributed by atoms with E-state index in [1.54, 1.807) is 0 Å². The van der Waals surface area contributed by atoms with Crippen molar-refractivity contribution in [2.45, 2.75) is 38.6 Å². The molecule has 0 spiro atoms. The lowest BCUT2D eigenvalue weighted by atomic mass is 9.77. The van der Waals surface area contributed by atoms with Gasteiger partial charge in [0.25, 0.3) is 0 Å². The molecule has 0 radical (unpaired) electrons. The zero-order valence-corrected chi connectivity index (χ0v) is 11.9. The van der Waals surface area contributed by atoms with E-state index >= 15 is 0 Å². The van der Waals surface area contributed by atoms with Crippen LogP contribution >= 0.6 is 15.9 Å². The van der Waals surface area contributed by atoms with Gasteiger partial charge in [-0.25, -0.2) is 0 Å². The van der Waals surface area contributed by atoms with E-state index in [1.165, 1.54) is 31.2 Å². The Labute approximate surface area is 112 Å². The highest BCUT2D eigenvalue weighted by Crippen LogP contribution is 2.36. The lowest BCUT2D eigenvalue weighted by molar-refractivity contribution is 0.232. The minimum absolute atomic E-state index is 0.301. The molecule has 1 aliphatic carbocycles. The Morgan fingerprint density at radius 1 is 1.18 bits per heavy atom. The molecular weight excluding hydrogens is 276 g/mol. The standard InChI is InChI=1S/C14H21BrN2/c1-10-2-4-11(5-3-10)14(17-16)12-6-8-13(15)9-7-12/h6-11,14,17H,2-5,16H2,1H3. The average Bonchev–Trinajstić information content (AvgIpc) is 2.35. The lowest BCUT2D eigenvalue weighted by Gasteiger charge is -2.32. The fourth-order valence-corrected chi connectivity index (χ4v) is 3.06. The van der Waals surface area contributed by atoms with Gasteiger partial charge in [0.1, 0.15) is 0 Å². The second kappa shape index (κ2) is 5.98. The maximum Gasteiger partial charge on any atom is 0.0488 e. The number of hydrazine groups is 1. The molecule has 1 aromatic rings. The van der Waals surface area contributed by atoms with Crippen molar-refractivity contribution in [2.75, 3.05) is 0 Å². The van der Waals surface area contributed by atoms with Crippen molar-refractivity contribution in [2.24, 2.45) is 17.7 Å². The minimum atomic E-state index is 0.301. The monoisotopic (exact) mass is 296 g/mol. The number of halogens is 1. The Hall–Kier alpha value is -0.380. The molecule has 0 aliphatic heterocycles. The molecule has 1 aromatic carbocycles. The predicted octanol–water partition coefficient (Wildman–Crippen LogP) is 3.78. The van der Waals surface area contributed by atoms with Crippen molar-refractivity contribution in [3.8, 4) is 0 Å². The fraction of sp³-hybridized carbons (Fsp3) is 0.571. The molecule has 1 fully saturated rings. The Morgan fingerprint density at radius 2 is 1.76 bits per heavy atom. The third-order valence-electron chi connectivity index (χ3n) is 3.94. The normalized spacial score (nSPS) is 26.8. The average molecular weight is 297 g/mol. The summed E-state index contributed by atoms with van der Waals surface area (Å²) in [6.45, 7) is 2.35. The van der Waals surface area contributed by atoms with Crippen LogP contribution in [0.1, 0.15) is 44.2 Å². The summed E-state index contributed by atoms with van der Waals surface area (Å²) in [4.78, 5) is 0. The van der Waals surface area contributed by atoms with E-state index in [1.807, 2.05) is 0 Å². The number of nitrogens with one attached hydrogen (secondary N) is 1. The van der Waals surface area contributed by atoms with Crippen molar-refractivity contribution in [1.29, 1.82) is 0 Å². The third kappa shape index (κ3) is 3.30.